The van der Waals surface area contributed by atoms with Gasteiger partial charge in [-0.05, 0) is 37.5 Å². The minimum absolute atomic E-state index is 0.244. The highest BCUT2D eigenvalue weighted by molar-refractivity contribution is 5.79. The van der Waals surface area contributed by atoms with Gasteiger partial charge in [0.05, 0.1) is 46.3 Å². The summed E-state index contributed by atoms with van der Waals surface area (Å²) in [5.41, 5.74) is 4.48. The molecular weight excluding hydrogens is 394 g/mol. The molecular formula is C21H15N9O. The molecule has 0 saturated heterocycles. The molecule has 0 fully saturated rings. The molecule has 1 aromatic carbocycles. The zero-order valence-corrected chi connectivity index (χ0v) is 16.2. The molecule has 1 aliphatic carbocycles. The molecule has 0 saturated carbocycles. The second-order valence-corrected chi connectivity index (χ2v) is 7.43. The Labute approximate surface area is 174 Å². The van der Waals surface area contributed by atoms with Gasteiger partial charge in [0.1, 0.15) is 11.8 Å². The molecule has 10 nitrogen and oxygen atoms in total. The normalized spacial score (nSPS) is 15.8. The number of imidazole rings is 2. The molecule has 31 heavy (non-hydrogen) atoms. The minimum Gasteiger partial charge on any atom is -0.303 e. The third kappa shape index (κ3) is 2.63. The molecule has 1 aliphatic rings. The van der Waals surface area contributed by atoms with Gasteiger partial charge in [-0.3, -0.25) is 19.1 Å². The third-order valence-electron chi connectivity index (χ3n) is 5.66. The number of fused-ring (bicyclic) bond motifs is 3. The van der Waals surface area contributed by atoms with E-state index in [0.717, 1.165) is 41.7 Å². The predicted octanol–water partition coefficient (Wildman–Crippen LogP) is 2.05. The van der Waals surface area contributed by atoms with Crippen LogP contribution in [0.3, 0.4) is 0 Å². The van der Waals surface area contributed by atoms with Crippen molar-refractivity contribution in [1.82, 2.24) is 39.0 Å². The van der Waals surface area contributed by atoms with Crippen LogP contribution in [0.2, 0.25) is 0 Å². The maximum Gasteiger partial charge on any atom is 0.328 e. The van der Waals surface area contributed by atoms with Crippen molar-refractivity contribution in [2.45, 2.75) is 25.3 Å². The quantitative estimate of drug-likeness (QED) is 0.472. The number of nitrogens with zero attached hydrogens (tertiary/aromatic N) is 8. The minimum atomic E-state index is -0.257. The van der Waals surface area contributed by atoms with Crippen LogP contribution in [0.5, 0.6) is 0 Å². The average Bonchev–Trinajstić information content (AvgIpc) is 3.37. The van der Waals surface area contributed by atoms with Crippen molar-refractivity contribution in [3.8, 4) is 12.0 Å². The first-order chi connectivity index (χ1) is 15.2. The molecule has 4 heterocycles. The Morgan fingerprint density at radius 1 is 1.16 bits per heavy atom. The van der Waals surface area contributed by atoms with Crippen LogP contribution in [0.15, 0.2) is 47.9 Å². The lowest BCUT2D eigenvalue weighted by Crippen LogP contribution is -2.27. The van der Waals surface area contributed by atoms with Crippen molar-refractivity contribution in [2.24, 2.45) is 0 Å². The first-order valence-electron chi connectivity index (χ1n) is 9.87. The van der Waals surface area contributed by atoms with Gasteiger partial charge in [0.15, 0.2) is 5.65 Å². The summed E-state index contributed by atoms with van der Waals surface area (Å²) >= 11 is 0. The topological polar surface area (TPSA) is 131 Å². The van der Waals surface area contributed by atoms with Gasteiger partial charge in [-0.2, -0.15) is 10.2 Å². The fraction of sp³-hybridized carbons (Fsp3) is 0.190. The van der Waals surface area contributed by atoms with Crippen molar-refractivity contribution < 1.29 is 0 Å². The van der Waals surface area contributed by atoms with Crippen LogP contribution < -0.4 is 5.69 Å². The molecule has 4 aromatic heterocycles. The van der Waals surface area contributed by atoms with Gasteiger partial charge in [-0.15, -0.1) is 0 Å². The number of nitrogens with one attached hydrogen (secondary N) is 1. The number of hydrogen-bond donors (Lipinski definition) is 1. The Hall–Kier alpha value is -4.39. The first-order valence-corrected chi connectivity index (χ1v) is 9.87. The number of aryl methyl sites for hydroxylation is 1. The molecule has 1 N–H and O–H groups in total. The SMILES string of the molecule is N#Cc1ccc2ncn(-c3ncc4[nH]c(=O)n([C@@H]5CCCc6nccnc65)c4n3)c2c1. The highest BCUT2D eigenvalue weighted by Crippen LogP contribution is 2.31. The molecule has 0 unspecified atom stereocenters. The standard InChI is InChI=1S/C21H15N9O/c22-9-12-4-5-13-17(8-12)29(11-26-13)20-25-10-15-19(28-20)30(21(31)27-15)16-3-1-2-14-18(16)24-7-6-23-14/h4-8,10-11,16H,1-3H2,(H,27,31)/t16-/m1/s1. The lowest BCUT2D eigenvalue weighted by molar-refractivity contribution is 0.467. The average molecular weight is 409 g/mol. The maximum absolute atomic E-state index is 12.9. The Morgan fingerprint density at radius 2 is 2.06 bits per heavy atom. The monoisotopic (exact) mass is 409 g/mol. The fourth-order valence-corrected chi connectivity index (χ4v) is 4.25. The molecule has 5 aromatic rings. The van der Waals surface area contributed by atoms with Crippen LogP contribution in [0, 0.1) is 11.3 Å². The van der Waals surface area contributed by atoms with Crippen molar-refractivity contribution in [3.05, 3.63) is 70.6 Å². The molecule has 1 atom stereocenters. The summed E-state index contributed by atoms with van der Waals surface area (Å²) in [5.74, 6) is 0.369. The van der Waals surface area contributed by atoms with E-state index in [0.29, 0.717) is 22.7 Å². The van der Waals surface area contributed by atoms with E-state index in [1.54, 1.807) is 52.3 Å². The van der Waals surface area contributed by atoms with E-state index in [-0.39, 0.29) is 11.7 Å². The van der Waals surface area contributed by atoms with Gasteiger partial charge < -0.3 is 4.98 Å². The summed E-state index contributed by atoms with van der Waals surface area (Å²) in [6.45, 7) is 0. The highest BCUT2D eigenvalue weighted by Gasteiger charge is 2.27. The predicted molar refractivity (Wildman–Crippen MR) is 111 cm³/mol. The largest absolute Gasteiger partial charge is 0.328 e. The molecule has 0 bridgehead atoms. The van der Waals surface area contributed by atoms with Gasteiger partial charge in [-0.1, -0.05) is 0 Å². The summed E-state index contributed by atoms with van der Waals surface area (Å²) < 4.78 is 3.36. The van der Waals surface area contributed by atoms with E-state index in [1.807, 2.05) is 0 Å². The van der Waals surface area contributed by atoms with Gasteiger partial charge in [-0.25, -0.2) is 14.8 Å². The number of nitriles is 1. The van der Waals surface area contributed by atoms with Gasteiger partial charge in [0.2, 0.25) is 5.95 Å². The van der Waals surface area contributed by atoms with E-state index < -0.39 is 0 Å². The second-order valence-electron chi connectivity index (χ2n) is 7.43. The van der Waals surface area contributed by atoms with E-state index >= 15 is 0 Å². The van der Waals surface area contributed by atoms with Crippen LogP contribution in [0.4, 0.5) is 0 Å². The Morgan fingerprint density at radius 3 is 2.97 bits per heavy atom. The summed E-state index contributed by atoms with van der Waals surface area (Å²) in [4.78, 5) is 38.2. The van der Waals surface area contributed by atoms with Crippen molar-refractivity contribution in [2.75, 3.05) is 0 Å². The highest BCUT2D eigenvalue weighted by atomic mass is 16.1. The number of benzene rings is 1. The van der Waals surface area contributed by atoms with Crippen LogP contribution in [-0.4, -0.2) is 39.0 Å². The van der Waals surface area contributed by atoms with Crippen molar-refractivity contribution in [3.63, 3.8) is 0 Å². The van der Waals surface area contributed by atoms with Crippen molar-refractivity contribution >= 4 is 22.2 Å². The van der Waals surface area contributed by atoms with E-state index in [9.17, 15) is 10.1 Å². The zero-order chi connectivity index (χ0) is 20.9. The second kappa shape index (κ2) is 6.56. The zero-order valence-electron chi connectivity index (χ0n) is 16.2. The van der Waals surface area contributed by atoms with E-state index in [4.69, 9.17) is 4.98 Å². The van der Waals surface area contributed by atoms with E-state index in [1.165, 1.54) is 0 Å². The number of rotatable bonds is 2. The lowest BCUT2D eigenvalue weighted by Gasteiger charge is -2.24. The van der Waals surface area contributed by atoms with Crippen LogP contribution in [0.1, 0.15) is 35.8 Å². The Bertz CT molecular complexity index is 1570. The van der Waals surface area contributed by atoms with Crippen LogP contribution >= 0.6 is 0 Å². The first kappa shape index (κ1) is 17.5. The summed E-state index contributed by atoms with van der Waals surface area (Å²) in [6, 6.07) is 7.14. The lowest BCUT2D eigenvalue weighted by atomic mass is 9.95. The number of H-pyrrole nitrogens is 1. The van der Waals surface area contributed by atoms with Gasteiger partial charge in [0.25, 0.3) is 0 Å². The Balaban J connectivity index is 1.56. The molecule has 0 aliphatic heterocycles. The molecule has 10 heteroatoms. The summed E-state index contributed by atoms with van der Waals surface area (Å²) in [5, 5.41) is 9.24. The number of aromatic nitrogens is 8. The smallest absolute Gasteiger partial charge is 0.303 e. The molecule has 150 valence electrons. The van der Waals surface area contributed by atoms with Crippen LogP contribution in [0.25, 0.3) is 28.1 Å². The molecule has 0 amide bonds. The number of hydrogen-bond acceptors (Lipinski definition) is 7. The Kier molecular flexibility index (Phi) is 3.70. The number of aromatic amines is 1. The van der Waals surface area contributed by atoms with Gasteiger partial charge >= 0.3 is 5.69 Å². The van der Waals surface area contributed by atoms with Gasteiger partial charge in [0, 0.05) is 12.4 Å². The molecule has 0 spiro atoms. The molecule has 0 radical (unpaired) electrons. The third-order valence-corrected chi connectivity index (χ3v) is 5.66. The summed E-state index contributed by atoms with van der Waals surface area (Å²) in [6.07, 6.45) is 9.08. The fourth-order valence-electron chi connectivity index (χ4n) is 4.25. The van der Waals surface area contributed by atoms with E-state index in [2.05, 4.69) is 31.0 Å². The molecule has 6 rings (SSSR count). The summed E-state index contributed by atoms with van der Waals surface area (Å²) in [7, 11) is 0. The van der Waals surface area contributed by atoms with Crippen molar-refractivity contribution in [1.29, 1.82) is 5.26 Å². The maximum atomic E-state index is 12.9. The van der Waals surface area contributed by atoms with Crippen LogP contribution in [-0.2, 0) is 6.42 Å².